The van der Waals surface area contributed by atoms with Gasteiger partial charge in [-0.1, -0.05) is 11.6 Å². The third kappa shape index (κ3) is 5.71. The molecule has 2 heterocycles. The molecule has 2 aromatic rings. The van der Waals surface area contributed by atoms with E-state index < -0.39 is 0 Å². The van der Waals surface area contributed by atoms with Crippen molar-refractivity contribution in [2.75, 3.05) is 68.1 Å². The largest absolute Gasteiger partial charge is 0.375 e. The second-order valence-corrected chi connectivity index (χ2v) is 9.78. The molecule has 2 aromatic carbocycles. The summed E-state index contributed by atoms with van der Waals surface area (Å²) in [7, 11) is 4.19. The smallest absolute Gasteiger partial charge is 0.184 e. The van der Waals surface area contributed by atoms with Crippen LogP contribution < -0.4 is 25.9 Å². The summed E-state index contributed by atoms with van der Waals surface area (Å²) >= 11 is 10.8. The lowest BCUT2D eigenvalue weighted by Gasteiger charge is -2.38. The van der Waals surface area contributed by atoms with E-state index in [2.05, 4.69) is 44.2 Å². The number of anilines is 3. The monoisotopic (exact) mass is 503 g/mol. The molecule has 2 saturated heterocycles. The summed E-state index contributed by atoms with van der Waals surface area (Å²) < 4.78 is 15.3. The van der Waals surface area contributed by atoms with E-state index in [1.807, 2.05) is 30.3 Å². The predicted molar refractivity (Wildman–Crippen MR) is 144 cm³/mol. The third-order valence-corrected chi connectivity index (χ3v) is 6.86. The van der Waals surface area contributed by atoms with Crippen molar-refractivity contribution in [3.05, 3.63) is 52.8 Å². The Morgan fingerprint density at radius 3 is 2.38 bits per heavy atom. The molecule has 0 aromatic heterocycles. The lowest BCUT2D eigenvalue weighted by atomic mass is 10.1. The van der Waals surface area contributed by atoms with Crippen LogP contribution in [0.1, 0.15) is 12.0 Å². The van der Waals surface area contributed by atoms with Gasteiger partial charge in [0, 0.05) is 67.3 Å². The first-order chi connectivity index (χ1) is 16.3. The minimum atomic E-state index is -0.260. The maximum Gasteiger partial charge on any atom is 0.184 e. The Labute approximate surface area is 210 Å². The molecule has 4 rings (SSSR count). The van der Waals surface area contributed by atoms with E-state index in [1.54, 1.807) is 12.3 Å². The van der Waals surface area contributed by atoms with Gasteiger partial charge in [0.2, 0.25) is 0 Å². The molecule has 2 fully saturated rings. The van der Waals surface area contributed by atoms with E-state index >= 15 is 4.39 Å². The number of hydrazone groups is 1. The van der Waals surface area contributed by atoms with Crippen LogP contribution >= 0.6 is 23.8 Å². The van der Waals surface area contributed by atoms with Crippen LogP contribution in [-0.2, 0) is 0 Å². The molecule has 0 amide bonds. The Morgan fingerprint density at radius 2 is 1.76 bits per heavy atom. The molecule has 1 atom stereocenters. The number of thiocarbonyl (C=S) groups is 1. The van der Waals surface area contributed by atoms with Crippen molar-refractivity contribution in [2.24, 2.45) is 10.8 Å². The van der Waals surface area contributed by atoms with E-state index in [4.69, 9.17) is 29.6 Å². The summed E-state index contributed by atoms with van der Waals surface area (Å²) in [5.74, 6) is -0.260. The number of halogens is 2. The highest BCUT2D eigenvalue weighted by atomic mass is 35.5. The Bertz CT molecular complexity index is 1040. The van der Waals surface area contributed by atoms with Crippen molar-refractivity contribution in [3.8, 4) is 0 Å². The Morgan fingerprint density at radius 1 is 1.09 bits per heavy atom. The second kappa shape index (κ2) is 10.8. The molecule has 0 bridgehead atoms. The Hall–Kier alpha value is -2.62. The van der Waals surface area contributed by atoms with E-state index in [0.29, 0.717) is 17.3 Å². The first-order valence-corrected chi connectivity index (χ1v) is 12.2. The quantitative estimate of drug-likeness (QED) is 0.357. The number of nitrogens with two attached hydrogens (primary N) is 1. The topological polar surface area (TPSA) is 63.4 Å². The van der Waals surface area contributed by atoms with E-state index in [-0.39, 0.29) is 10.9 Å². The SMILES string of the molecule is CN(C)[C@@H]1CCN(c2cc(N3CCN(c4ccc(Cl)cc4)CC3)c(F)cc2/C=N/NC(N)=S)C1. The molecule has 0 unspecified atom stereocenters. The van der Waals surface area contributed by atoms with Crippen LogP contribution in [0.2, 0.25) is 5.02 Å². The van der Waals surface area contributed by atoms with Gasteiger partial charge in [-0.3, -0.25) is 5.43 Å². The zero-order valence-corrected chi connectivity index (χ0v) is 21.1. The second-order valence-electron chi connectivity index (χ2n) is 8.90. The van der Waals surface area contributed by atoms with Gasteiger partial charge in [0.05, 0.1) is 11.9 Å². The van der Waals surface area contributed by atoms with Crippen molar-refractivity contribution >= 4 is 52.2 Å². The van der Waals surface area contributed by atoms with Gasteiger partial charge in [0.1, 0.15) is 5.82 Å². The Balaban J connectivity index is 1.56. The lowest BCUT2D eigenvalue weighted by molar-refractivity contribution is 0.315. The minimum Gasteiger partial charge on any atom is -0.375 e. The highest BCUT2D eigenvalue weighted by Crippen LogP contribution is 2.33. The molecule has 0 saturated carbocycles. The normalized spacial score (nSPS) is 18.9. The maximum atomic E-state index is 15.3. The fourth-order valence-electron chi connectivity index (χ4n) is 4.59. The Kier molecular flexibility index (Phi) is 7.75. The lowest BCUT2D eigenvalue weighted by Crippen LogP contribution is -2.47. The number of rotatable bonds is 6. The molecule has 2 aliphatic rings. The van der Waals surface area contributed by atoms with E-state index in [0.717, 1.165) is 62.1 Å². The molecule has 34 heavy (non-hydrogen) atoms. The molecule has 0 radical (unpaired) electrons. The third-order valence-electron chi connectivity index (χ3n) is 6.52. The average molecular weight is 504 g/mol. The molecule has 7 nitrogen and oxygen atoms in total. The predicted octanol–water partition coefficient (Wildman–Crippen LogP) is 3.11. The molecule has 3 N–H and O–H groups in total. The van der Waals surface area contributed by atoms with Crippen LogP contribution in [0.5, 0.6) is 0 Å². The first kappa shape index (κ1) is 24.5. The van der Waals surface area contributed by atoms with Crippen molar-refractivity contribution in [3.63, 3.8) is 0 Å². The zero-order chi connectivity index (χ0) is 24.2. The van der Waals surface area contributed by atoms with Crippen LogP contribution in [-0.4, -0.2) is 75.6 Å². The van der Waals surface area contributed by atoms with E-state index in [9.17, 15) is 0 Å². The van der Waals surface area contributed by atoms with Crippen LogP contribution in [0.4, 0.5) is 21.5 Å². The fraction of sp³-hybridized carbons (Fsp3) is 0.417. The molecular formula is C24H31ClFN7S. The summed E-state index contributed by atoms with van der Waals surface area (Å²) in [6.45, 7) is 4.87. The summed E-state index contributed by atoms with van der Waals surface area (Å²) in [6.07, 6.45) is 2.64. The highest BCUT2D eigenvalue weighted by molar-refractivity contribution is 7.80. The summed E-state index contributed by atoms with van der Waals surface area (Å²) in [5.41, 5.74) is 11.5. The molecule has 10 heteroatoms. The summed E-state index contributed by atoms with van der Waals surface area (Å²) in [6, 6.07) is 11.8. The molecule has 182 valence electrons. The summed E-state index contributed by atoms with van der Waals surface area (Å²) in [5, 5.41) is 4.88. The number of hydrogen-bond acceptors (Lipinski definition) is 6. The van der Waals surface area contributed by atoms with Gasteiger partial charge < -0.3 is 25.3 Å². The number of benzene rings is 2. The zero-order valence-electron chi connectivity index (χ0n) is 19.5. The van der Waals surface area contributed by atoms with Gasteiger partial charge in [0.25, 0.3) is 0 Å². The van der Waals surface area contributed by atoms with Crippen LogP contribution in [0.25, 0.3) is 0 Å². The van der Waals surface area contributed by atoms with Crippen LogP contribution in [0.3, 0.4) is 0 Å². The van der Waals surface area contributed by atoms with Gasteiger partial charge in [-0.25, -0.2) is 4.39 Å². The van der Waals surface area contributed by atoms with Gasteiger partial charge in [-0.15, -0.1) is 0 Å². The average Bonchev–Trinajstić information content (AvgIpc) is 3.30. The number of piperazine rings is 1. The first-order valence-electron chi connectivity index (χ1n) is 11.4. The van der Waals surface area contributed by atoms with Gasteiger partial charge in [0.15, 0.2) is 5.11 Å². The highest BCUT2D eigenvalue weighted by Gasteiger charge is 2.28. The van der Waals surface area contributed by atoms with E-state index in [1.165, 1.54) is 0 Å². The molecule has 0 spiro atoms. The molecular weight excluding hydrogens is 473 g/mol. The fourth-order valence-corrected chi connectivity index (χ4v) is 4.77. The summed E-state index contributed by atoms with van der Waals surface area (Å²) in [4.78, 5) is 8.97. The number of nitrogens with zero attached hydrogens (tertiary/aromatic N) is 5. The standard InChI is InChI=1S/C24H31ClFN7S/c1-30(2)20-7-8-33(16-20)22-14-23(21(26)13-17(22)15-28-29-24(27)34)32-11-9-31(10-12-32)19-5-3-18(25)4-6-19/h3-6,13-15,20H,7-12,16H2,1-2H3,(H3,27,29,34)/b28-15+/t20-/m1/s1. The van der Waals surface area contributed by atoms with Gasteiger partial charge in [-0.2, -0.15) is 5.10 Å². The van der Waals surface area contributed by atoms with Crippen molar-refractivity contribution < 1.29 is 4.39 Å². The van der Waals surface area contributed by atoms with Crippen LogP contribution in [0, 0.1) is 5.82 Å². The number of hydrogen-bond donors (Lipinski definition) is 2. The molecule has 0 aliphatic carbocycles. The van der Waals surface area contributed by atoms with Crippen molar-refractivity contribution in [1.82, 2.24) is 10.3 Å². The van der Waals surface area contributed by atoms with Gasteiger partial charge in [-0.05, 0) is 69.1 Å². The van der Waals surface area contributed by atoms with Crippen LogP contribution in [0.15, 0.2) is 41.5 Å². The van der Waals surface area contributed by atoms with Gasteiger partial charge >= 0.3 is 0 Å². The molecule has 2 aliphatic heterocycles. The number of nitrogens with one attached hydrogen (secondary N) is 1. The van der Waals surface area contributed by atoms with Crippen molar-refractivity contribution in [2.45, 2.75) is 12.5 Å². The number of likely N-dealkylation sites (N-methyl/N-ethyl adjacent to an activating group) is 1. The van der Waals surface area contributed by atoms with Crippen molar-refractivity contribution in [1.29, 1.82) is 0 Å². The maximum absolute atomic E-state index is 15.3. The minimum absolute atomic E-state index is 0.0716.